The highest BCUT2D eigenvalue weighted by atomic mass is 32.2. The number of rotatable bonds is 3. The Bertz CT molecular complexity index is 1050. The summed E-state index contributed by atoms with van der Waals surface area (Å²) in [5.41, 5.74) is 3.09. The van der Waals surface area contributed by atoms with E-state index in [0.717, 1.165) is 22.3 Å². The molecule has 2 aromatic carbocycles. The second kappa shape index (κ2) is 6.09. The summed E-state index contributed by atoms with van der Waals surface area (Å²) in [5.74, 6) is 0. The Hall–Kier alpha value is -2.66. The van der Waals surface area contributed by atoms with Crippen LogP contribution >= 0.6 is 0 Å². The van der Waals surface area contributed by atoms with E-state index < -0.39 is 15.5 Å². The smallest absolute Gasteiger partial charge is 0.344 e. The fraction of sp³-hybridized carbons (Fsp3) is 0.105. The molecule has 0 atom stereocenters. The molecule has 0 spiro atoms. The van der Waals surface area contributed by atoms with E-state index in [1.54, 1.807) is 24.3 Å². The average Bonchev–Trinajstić information content (AvgIpc) is 2.54. The molecular weight excluding hydrogens is 324 g/mol. The van der Waals surface area contributed by atoms with Crippen molar-refractivity contribution in [3.05, 3.63) is 76.8 Å². The molecule has 0 saturated heterocycles. The number of hydrogen-bond donors (Lipinski definition) is 0. The van der Waals surface area contributed by atoms with Crippen LogP contribution in [-0.4, -0.2) is 14.7 Å². The predicted octanol–water partition coefficient (Wildman–Crippen LogP) is 3.69. The maximum Gasteiger partial charge on any atom is 0.344 e. The lowest BCUT2D eigenvalue weighted by atomic mass is 9.94. The van der Waals surface area contributed by atoms with Crippen LogP contribution in [0.3, 0.4) is 0 Å². The van der Waals surface area contributed by atoms with Gasteiger partial charge in [0.1, 0.15) is 0 Å². The van der Waals surface area contributed by atoms with E-state index in [-0.39, 0.29) is 4.90 Å². The monoisotopic (exact) mass is 340 g/mol. The molecule has 0 aliphatic heterocycles. The molecule has 3 rings (SSSR count). The average molecular weight is 340 g/mol. The van der Waals surface area contributed by atoms with E-state index in [0.29, 0.717) is 5.56 Å². The van der Waals surface area contributed by atoms with Crippen molar-refractivity contribution in [3.8, 4) is 22.3 Å². The Morgan fingerprint density at radius 2 is 1.62 bits per heavy atom. The van der Waals surface area contributed by atoms with Crippen LogP contribution in [0.25, 0.3) is 22.3 Å². The van der Waals surface area contributed by atoms with Gasteiger partial charge in [0.25, 0.3) is 0 Å². The highest BCUT2D eigenvalue weighted by molar-refractivity contribution is 7.90. The first-order valence-corrected chi connectivity index (χ1v) is 9.25. The normalized spacial score (nSPS) is 11.4. The van der Waals surface area contributed by atoms with Crippen LogP contribution in [0.1, 0.15) is 5.56 Å². The zero-order valence-corrected chi connectivity index (χ0v) is 14.1. The molecule has 4 nitrogen and oxygen atoms in total. The lowest BCUT2D eigenvalue weighted by Gasteiger charge is -2.12. The molecule has 0 saturated carbocycles. The highest BCUT2D eigenvalue weighted by Crippen LogP contribution is 2.32. The third kappa shape index (κ3) is 3.03. The number of hydrogen-bond acceptors (Lipinski definition) is 4. The summed E-state index contributed by atoms with van der Waals surface area (Å²) >= 11 is 0. The molecule has 0 bridgehead atoms. The van der Waals surface area contributed by atoms with E-state index in [2.05, 4.69) is 0 Å². The molecule has 1 heterocycles. The fourth-order valence-electron chi connectivity index (χ4n) is 2.69. The Morgan fingerprint density at radius 3 is 2.25 bits per heavy atom. The van der Waals surface area contributed by atoms with E-state index in [4.69, 9.17) is 4.42 Å². The Morgan fingerprint density at radius 1 is 0.917 bits per heavy atom. The quantitative estimate of drug-likeness (QED) is 0.729. The molecule has 5 heteroatoms. The molecule has 0 aliphatic carbocycles. The first-order chi connectivity index (χ1) is 11.4. The third-order valence-corrected chi connectivity index (χ3v) is 4.97. The van der Waals surface area contributed by atoms with Gasteiger partial charge in [-0.1, -0.05) is 36.4 Å². The van der Waals surface area contributed by atoms with Crippen LogP contribution in [-0.2, 0) is 9.84 Å². The Balaban J connectivity index is 2.25. The minimum absolute atomic E-state index is 0.257. The van der Waals surface area contributed by atoms with Crippen LogP contribution in [0, 0.1) is 6.92 Å². The van der Waals surface area contributed by atoms with Crippen LogP contribution in [0.15, 0.2) is 75.0 Å². The van der Waals surface area contributed by atoms with Crippen molar-refractivity contribution in [2.45, 2.75) is 11.8 Å². The van der Waals surface area contributed by atoms with Crippen molar-refractivity contribution < 1.29 is 12.8 Å². The van der Waals surface area contributed by atoms with Gasteiger partial charge in [-0.05, 0) is 41.8 Å². The van der Waals surface area contributed by atoms with Gasteiger partial charge in [0.05, 0.1) is 16.7 Å². The fourth-order valence-corrected chi connectivity index (χ4v) is 3.39. The van der Waals surface area contributed by atoms with Gasteiger partial charge < -0.3 is 4.42 Å². The second-order valence-corrected chi connectivity index (χ2v) is 7.63. The molecule has 24 heavy (non-hydrogen) atoms. The summed E-state index contributed by atoms with van der Waals surface area (Å²) in [5, 5.41) is 0. The summed E-state index contributed by atoms with van der Waals surface area (Å²) in [6.07, 6.45) is 2.53. The van der Waals surface area contributed by atoms with Crippen LogP contribution in [0.2, 0.25) is 0 Å². The van der Waals surface area contributed by atoms with E-state index in [1.807, 2.05) is 37.3 Å². The molecule has 0 radical (unpaired) electrons. The zero-order valence-electron chi connectivity index (χ0n) is 13.3. The van der Waals surface area contributed by atoms with E-state index in [1.165, 1.54) is 12.5 Å². The van der Waals surface area contributed by atoms with Gasteiger partial charge >= 0.3 is 5.63 Å². The Labute approximate surface area is 140 Å². The molecule has 0 unspecified atom stereocenters. The van der Waals surface area contributed by atoms with Crippen LogP contribution in [0.5, 0.6) is 0 Å². The standard InChI is InChI=1S/C19H16O4S/c1-13-12-15(24(2,21)22)8-9-16(13)17-10-11-23-19(20)18(17)14-6-4-3-5-7-14/h3-12H,1-2H3. The van der Waals surface area contributed by atoms with Crippen LogP contribution < -0.4 is 5.63 Å². The molecule has 3 aromatic rings. The first kappa shape index (κ1) is 16.2. The van der Waals surface area contributed by atoms with Crippen molar-refractivity contribution in [1.82, 2.24) is 0 Å². The highest BCUT2D eigenvalue weighted by Gasteiger charge is 2.16. The summed E-state index contributed by atoms with van der Waals surface area (Å²) in [6, 6.07) is 15.9. The number of benzene rings is 2. The molecule has 0 aliphatic rings. The molecule has 1 aromatic heterocycles. The molecular formula is C19H16O4S. The Kier molecular flexibility index (Phi) is 4.11. The topological polar surface area (TPSA) is 64.3 Å². The van der Waals surface area contributed by atoms with Crippen molar-refractivity contribution in [2.75, 3.05) is 6.26 Å². The largest absolute Gasteiger partial charge is 0.431 e. The molecule has 0 fully saturated rings. The van der Waals surface area contributed by atoms with Gasteiger partial charge in [-0.2, -0.15) is 0 Å². The van der Waals surface area contributed by atoms with Crippen molar-refractivity contribution >= 4 is 9.84 Å². The predicted molar refractivity (Wildman–Crippen MR) is 93.7 cm³/mol. The van der Waals surface area contributed by atoms with Gasteiger partial charge in [-0.25, -0.2) is 13.2 Å². The summed E-state index contributed by atoms with van der Waals surface area (Å²) in [4.78, 5) is 12.5. The second-order valence-electron chi connectivity index (χ2n) is 5.61. The van der Waals surface area contributed by atoms with Gasteiger partial charge in [-0.15, -0.1) is 0 Å². The minimum Gasteiger partial charge on any atom is -0.431 e. The summed E-state index contributed by atoms with van der Waals surface area (Å²) in [6.45, 7) is 1.83. The van der Waals surface area contributed by atoms with Gasteiger partial charge in [-0.3, -0.25) is 0 Å². The molecule has 0 N–H and O–H groups in total. The first-order valence-electron chi connectivity index (χ1n) is 7.36. The minimum atomic E-state index is -3.27. The van der Waals surface area contributed by atoms with Crippen LogP contribution in [0.4, 0.5) is 0 Å². The number of aryl methyl sites for hydroxylation is 1. The third-order valence-electron chi connectivity index (χ3n) is 3.86. The maximum absolute atomic E-state index is 12.3. The summed E-state index contributed by atoms with van der Waals surface area (Å²) in [7, 11) is -3.27. The van der Waals surface area contributed by atoms with E-state index in [9.17, 15) is 13.2 Å². The zero-order chi connectivity index (χ0) is 17.3. The molecule has 122 valence electrons. The molecule has 0 amide bonds. The van der Waals surface area contributed by atoms with Crippen molar-refractivity contribution in [3.63, 3.8) is 0 Å². The number of sulfone groups is 1. The van der Waals surface area contributed by atoms with Gasteiger partial charge in [0.15, 0.2) is 9.84 Å². The van der Waals surface area contributed by atoms with Crippen molar-refractivity contribution in [2.24, 2.45) is 0 Å². The van der Waals surface area contributed by atoms with Gasteiger partial charge in [0, 0.05) is 11.8 Å². The van der Waals surface area contributed by atoms with Gasteiger partial charge in [0.2, 0.25) is 0 Å². The van der Waals surface area contributed by atoms with Crippen molar-refractivity contribution in [1.29, 1.82) is 0 Å². The lowest BCUT2D eigenvalue weighted by Crippen LogP contribution is -2.05. The summed E-state index contributed by atoms with van der Waals surface area (Å²) < 4.78 is 28.5. The maximum atomic E-state index is 12.3. The SMILES string of the molecule is Cc1cc(S(C)(=O)=O)ccc1-c1ccoc(=O)c1-c1ccccc1. The lowest BCUT2D eigenvalue weighted by molar-refractivity contribution is 0.514. The van der Waals surface area contributed by atoms with E-state index >= 15 is 0 Å².